The van der Waals surface area contributed by atoms with Crippen molar-refractivity contribution >= 4 is 12.4 Å². The summed E-state index contributed by atoms with van der Waals surface area (Å²) in [5.41, 5.74) is 4.74. The first kappa shape index (κ1) is 13.6. The van der Waals surface area contributed by atoms with Gasteiger partial charge in [-0.3, -0.25) is 0 Å². The number of aliphatic hydroxyl groups excluding tert-OH is 1. The maximum atomic E-state index is 12.4. The third-order valence-electron chi connectivity index (χ3n) is 1.34. The van der Waals surface area contributed by atoms with E-state index in [9.17, 15) is 8.78 Å². The molecule has 0 bridgehead atoms. The zero-order valence-corrected chi connectivity index (χ0v) is 7.37. The molecule has 0 aromatic heterocycles. The highest BCUT2D eigenvalue weighted by Crippen LogP contribution is 2.22. The van der Waals surface area contributed by atoms with Crippen LogP contribution < -0.4 is 5.73 Å². The number of nitrogens with two attached hydrogens (primary N) is 1. The summed E-state index contributed by atoms with van der Waals surface area (Å²) in [4.78, 5) is 0. The molecule has 0 heterocycles. The summed E-state index contributed by atoms with van der Waals surface area (Å²) in [6, 6.07) is 0. The van der Waals surface area contributed by atoms with Crippen molar-refractivity contribution in [3.05, 3.63) is 0 Å². The van der Waals surface area contributed by atoms with E-state index in [0.717, 1.165) is 0 Å². The largest absolute Gasteiger partial charge is 0.387 e. The Labute approximate surface area is 71.2 Å². The van der Waals surface area contributed by atoms with Crippen molar-refractivity contribution in [1.82, 2.24) is 0 Å². The maximum Gasteiger partial charge on any atom is 0.285 e. The van der Waals surface area contributed by atoms with Crippen molar-refractivity contribution in [2.24, 2.45) is 11.7 Å². The molecule has 0 aliphatic heterocycles. The van der Waals surface area contributed by atoms with Crippen LogP contribution in [0.25, 0.3) is 0 Å². The number of hydrogen-bond donors (Lipinski definition) is 2. The summed E-state index contributed by atoms with van der Waals surface area (Å²) in [5.74, 6) is -3.60. The summed E-state index contributed by atoms with van der Waals surface area (Å²) < 4.78 is 24.8. The predicted octanol–water partition coefficient (Wildman–Crippen LogP) is 1.02. The van der Waals surface area contributed by atoms with E-state index < -0.39 is 24.5 Å². The number of alkyl halides is 2. The van der Waals surface area contributed by atoms with E-state index in [1.54, 1.807) is 0 Å². The molecule has 0 radical (unpaired) electrons. The molecule has 0 spiro atoms. The molecule has 1 atom stereocenters. The second-order valence-corrected chi connectivity index (χ2v) is 2.65. The molecule has 0 saturated heterocycles. The van der Waals surface area contributed by atoms with Gasteiger partial charge in [0.2, 0.25) is 0 Å². The van der Waals surface area contributed by atoms with Gasteiger partial charge < -0.3 is 10.8 Å². The molecule has 3 N–H and O–H groups in total. The first-order valence-electron chi connectivity index (χ1n) is 3.17. The minimum absolute atomic E-state index is 0. The Hall–Kier alpha value is 0.0700. The average Bonchev–Trinajstić information content (AvgIpc) is 1.86. The van der Waals surface area contributed by atoms with E-state index in [2.05, 4.69) is 0 Å². The van der Waals surface area contributed by atoms with Gasteiger partial charge in [-0.25, -0.2) is 8.78 Å². The standard InChI is InChI=1S/C6H13F2NO.ClH/c1-4(2)5(10)6(7,8)3-9;/h4-5,10H,3,9H2,1-2H3;1H. The highest BCUT2D eigenvalue weighted by Gasteiger charge is 2.38. The zero-order valence-electron chi connectivity index (χ0n) is 6.55. The van der Waals surface area contributed by atoms with E-state index in [0.29, 0.717) is 0 Å². The number of aliphatic hydroxyl groups is 1. The summed E-state index contributed by atoms with van der Waals surface area (Å²) in [5, 5.41) is 8.82. The van der Waals surface area contributed by atoms with Gasteiger partial charge in [-0.15, -0.1) is 12.4 Å². The van der Waals surface area contributed by atoms with E-state index in [1.165, 1.54) is 13.8 Å². The Balaban J connectivity index is 0. The third kappa shape index (κ3) is 3.84. The van der Waals surface area contributed by atoms with Crippen molar-refractivity contribution in [2.75, 3.05) is 6.54 Å². The smallest absolute Gasteiger partial charge is 0.285 e. The average molecular weight is 190 g/mol. The lowest BCUT2D eigenvalue weighted by atomic mass is 10.0. The first-order valence-corrected chi connectivity index (χ1v) is 3.17. The molecule has 1 unspecified atom stereocenters. The van der Waals surface area contributed by atoms with E-state index in [1.807, 2.05) is 0 Å². The summed E-state index contributed by atoms with van der Waals surface area (Å²) in [6.45, 7) is 2.24. The second-order valence-electron chi connectivity index (χ2n) is 2.65. The molecule has 0 fully saturated rings. The van der Waals surface area contributed by atoms with Gasteiger partial charge >= 0.3 is 0 Å². The lowest BCUT2D eigenvalue weighted by Crippen LogP contribution is -2.43. The molecule has 11 heavy (non-hydrogen) atoms. The van der Waals surface area contributed by atoms with Crippen LogP contribution in [-0.4, -0.2) is 23.7 Å². The molecule has 2 nitrogen and oxygen atoms in total. The Morgan fingerprint density at radius 3 is 1.91 bits per heavy atom. The second kappa shape index (κ2) is 4.85. The van der Waals surface area contributed by atoms with Crippen LogP contribution in [0.5, 0.6) is 0 Å². The van der Waals surface area contributed by atoms with Crippen LogP contribution in [0.1, 0.15) is 13.8 Å². The van der Waals surface area contributed by atoms with Crippen LogP contribution in [0.4, 0.5) is 8.78 Å². The SMILES string of the molecule is CC(C)C(O)C(F)(F)CN.Cl. The van der Waals surface area contributed by atoms with Gasteiger partial charge in [0.25, 0.3) is 5.92 Å². The summed E-state index contributed by atoms with van der Waals surface area (Å²) in [7, 11) is 0. The van der Waals surface area contributed by atoms with Crippen LogP contribution in [0, 0.1) is 5.92 Å². The quantitative estimate of drug-likeness (QED) is 0.697. The van der Waals surface area contributed by atoms with Crippen molar-refractivity contribution in [2.45, 2.75) is 25.9 Å². The van der Waals surface area contributed by atoms with Crippen LogP contribution >= 0.6 is 12.4 Å². The van der Waals surface area contributed by atoms with Crippen molar-refractivity contribution in [1.29, 1.82) is 0 Å². The van der Waals surface area contributed by atoms with Gasteiger partial charge in [-0.05, 0) is 5.92 Å². The van der Waals surface area contributed by atoms with Crippen LogP contribution in [0.3, 0.4) is 0 Å². The van der Waals surface area contributed by atoms with Crippen LogP contribution in [-0.2, 0) is 0 Å². The zero-order chi connectivity index (χ0) is 8.36. The lowest BCUT2D eigenvalue weighted by molar-refractivity contribution is -0.118. The fourth-order valence-electron chi connectivity index (χ4n) is 0.608. The van der Waals surface area contributed by atoms with Gasteiger partial charge in [0.05, 0.1) is 6.54 Å². The van der Waals surface area contributed by atoms with Crippen molar-refractivity contribution < 1.29 is 13.9 Å². The Bertz CT molecular complexity index is 111. The minimum atomic E-state index is -3.14. The molecule has 0 aliphatic carbocycles. The Morgan fingerprint density at radius 1 is 1.45 bits per heavy atom. The topological polar surface area (TPSA) is 46.2 Å². The first-order chi connectivity index (χ1) is 4.41. The van der Waals surface area contributed by atoms with Crippen LogP contribution in [0.2, 0.25) is 0 Å². The predicted molar refractivity (Wildman–Crippen MR) is 42.1 cm³/mol. The Kier molecular flexibility index (Phi) is 6.02. The van der Waals surface area contributed by atoms with E-state index in [-0.39, 0.29) is 12.4 Å². The van der Waals surface area contributed by atoms with Crippen molar-refractivity contribution in [3.63, 3.8) is 0 Å². The maximum absolute atomic E-state index is 12.4. The normalized spacial score (nSPS) is 14.5. The highest BCUT2D eigenvalue weighted by atomic mass is 35.5. The van der Waals surface area contributed by atoms with E-state index >= 15 is 0 Å². The number of halogens is 3. The molecular weight excluding hydrogens is 176 g/mol. The third-order valence-corrected chi connectivity index (χ3v) is 1.34. The Morgan fingerprint density at radius 2 is 1.82 bits per heavy atom. The molecule has 70 valence electrons. The highest BCUT2D eigenvalue weighted by molar-refractivity contribution is 5.85. The van der Waals surface area contributed by atoms with Gasteiger partial charge in [-0.1, -0.05) is 13.8 Å². The fourth-order valence-corrected chi connectivity index (χ4v) is 0.608. The van der Waals surface area contributed by atoms with E-state index in [4.69, 9.17) is 10.8 Å². The monoisotopic (exact) mass is 189 g/mol. The van der Waals surface area contributed by atoms with Gasteiger partial charge in [0, 0.05) is 0 Å². The summed E-state index contributed by atoms with van der Waals surface area (Å²) >= 11 is 0. The molecule has 5 heteroatoms. The molecule has 0 aromatic rings. The molecular formula is C6H14ClF2NO. The summed E-state index contributed by atoms with van der Waals surface area (Å²) in [6.07, 6.45) is -1.63. The minimum Gasteiger partial charge on any atom is -0.387 e. The molecule has 0 saturated carbocycles. The van der Waals surface area contributed by atoms with Gasteiger partial charge in [0.15, 0.2) is 0 Å². The fraction of sp³-hybridized carbons (Fsp3) is 1.00. The molecule has 0 amide bonds. The molecule has 0 aromatic carbocycles. The van der Waals surface area contributed by atoms with Gasteiger partial charge in [0.1, 0.15) is 6.10 Å². The molecule has 0 aliphatic rings. The lowest BCUT2D eigenvalue weighted by Gasteiger charge is -2.23. The van der Waals surface area contributed by atoms with Gasteiger partial charge in [-0.2, -0.15) is 0 Å². The molecule has 0 rings (SSSR count). The number of hydrogen-bond acceptors (Lipinski definition) is 2. The number of rotatable bonds is 3. The van der Waals surface area contributed by atoms with Crippen molar-refractivity contribution in [3.8, 4) is 0 Å². The van der Waals surface area contributed by atoms with Crippen LogP contribution in [0.15, 0.2) is 0 Å².